The summed E-state index contributed by atoms with van der Waals surface area (Å²) in [4.78, 5) is 29.1. The molecule has 0 bridgehead atoms. The van der Waals surface area contributed by atoms with Crippen molar-refractivity contribution in [3.05, 3.63) is 89.7 Å². The van der Waals surface area contributed by atoms with E-state index in [1.807, 2.05) is 0 Å². The fourth-order valence-electron chi connectivity index (χ4n) is 2.78. The monoisotopic (exact) mass is 475 g/mol. The molecule has 0 aliphatic carbocycles. The van der Waals surface area contributed by atoms with Crippen molar-refractivity contribution in [3.63, 3.8) is 0 Å². The second-order valence-corrected chi connectivity index (χ2v) is 10.4. The van der Waals surface area contributed by atoms with Gasteiger partial charge in [-0.1, -0.05) is 36.1 Å². The van der Waals surface area contributed by atoms with Crippen LogP contribution in [0.4, 0.5) is 10.5 Å². The molecule has 1 heterocycles. The van der Waals surface area contributed by atoms with Gasteiger partial charge in [-0.05, 0) is 63.0 Å². The third kappa shape index (κ3) is 7.22. The van der Waals surface area contributed by atoms with Crippen LogP contribution in [0.3, 0.4) is 0 Å². The molecular weight excluding hydrogens is 450 g/mol. The maximum absolute atomic E-state index is 12.8. The lowest BCUT2D eigenvalue weighted by molar-refractivity contribution is 0.0635. The van der Waals surface area contributed by atoms with Crippen molar-refractivity contribution in [1.29, 1.82) is 0 Å². The summed E-state index contributed by atoms with van der Waals surface area (Å²) in [5.41, 5.74) is 1.29. The molecule has 1 unspecified atom stereocenters. The Kier molecular flexibility index (Phi) is 7.39. The predicted octanol–water partition coefficient (Wildman–Crippen LogP) is 4.25. The Labute approximate surface area is 199 Å². The molecule has 0 spiro atoms. The van der Waals surface area contributed by atoms with E-state index in [0.717, 1.165) is 0 Å². The number of pyridine rings is 1. The van der Waals surface area contributed by atoms with Gasteiger partial charge >= 0.3 is 6.09 Å². The summed E-state index contributed by atoms with van der Waals surface area (Å²) < 4.78 is 20.5. The molecular formula is C26H25N3O4S. The molecule has 0 aliphatic heterocycles. The van der Waals surface area contributed by atoms with Gasteiger partial charge in [0.25, 0.3) is 5.91 Å². The van der Waals surface area contributed by atoms with Crippen LogP contribution in [-0.4, -0.2) is 32.7 Å². The van der Waals surface area contributed by atoms with Gasteiger partial charge in [0.1, 0.15) is 5.60 Å². The summed E-state index contributed by atoms with van der Waals surface area (Å²) in [5, 5.41) is 2.67. The van der Waals surface area contributed by atoms with Crippen LogP contribution in [0, 0.1) is 11.8 Å². The van der Waals surface area contributed by atoms with Crippen molar-refractivity contribution < 1.29 is 18.5 Å². The van der Waals surface area contributed by atoms with Crippen LogP contribution in [-0.2, 0) is 14.4 Å². The lowest BCUT2D eigenvalue weighted by atomic mass is 10.1. The zero-order valence-electron chi connectivity index (χ0n) is 19.1. The van der Waals surface area contributed by atoms with Crippen molar-refractivity contribution in [3.8, 4) is 11.8 Å². The number of hydrogen-bond acceptors (Lipinski definition) is 5. The van der Waals surface area contributed by atoms with Gasteiger partial charge in [-0.2, -0.15) is 0 Å². The van der Waals surface area contributed by atoms with Gasteiger partial charge in [-0.25, -0.2) is 9.00 Å². The Morgan fingerprint density at radius 2 is 1.68 bits per heavy atom. The van der Waals surface area contributed by atoms with Crippen molar-refractivity contribution in [1.82, 2.24) is 9.71 Å². The Balaban J connectivity index is 1.73. The lowest BCUT2D eigenvalue weighted by Gasteiger charge is -2.19. The first kappa shape index (κ1) is 24.6. The number of ether oxygens (including phenoxy) is 1. The number of hydrogen-bond donors (Lipinski definition) is 2. The first-order valence-electron chi connectivity index (χ1n) is 10.3. The van der Waals surface area contributed by atoms with E-state index in [-0.39, 0.29) is 5.56 Å². The zero-order chi connectivity index (χ0) is 24.8. The normalized spacial score (nSPS) is 12.4. The highest BCUT2D eigenvalue weighted by molar-refractivity contribution is 7.99. The van der Waals surface area contributed by atoms with Crippen LogP contribution >= 0.6 is 0 Å². The molecule has 174 valence electrons. The van der Waals surface area contributed by atoms with Crippen LogP contribution in [0.1, 0.15) is 42.3 Å². The van der Waals surface area contributed by atoms with Crippen molar-refractivity contribution in [2.75, 3.05) is 5.32 Å². The predicted molar refractivity (Wildman–Crippen MR) is 134 cm³/mol. The van der Waals surface area contributed by atoms with Crippen molar-refractivity contribution in [2.45, 2.75) is 31.3 Å². The smallest absolute Gasteiger partial charge is 0.412 e. The second kappa shape index (κ2) is 10.2. The minimum absolute atomic E-state index is 0.208. The first-order valence-corrected chi connectivity index (χ1v) is 12.1. The van der Waals surface area contributed by atoms with Gasteiger partial charge in [0.2, 0.25) is 0 Å². The van der Waals surface area contributed by atoms with Crippen LogP contribution in [0.15, 0.2) is 78.0 Å². The largest absolute Gasteiger partial charge is 0.444 e. The van der Waals surface area contributed by atoms with E-state index in [9.17, 15) is 13.8 Å². The Bertz CT molecular complexity index is 1370. The molecule has 3 aromatic rings. The van der Waals surface area contributed by atoms with Gasteiger partial charge in [-0.15, -0.1) is 0 Å². The maximum Gasteiger partial charge on any atom is 0.412 e. The standard InChI is InChI=1S/C26H25N3O4S/c1-26(2,3)33-25(31)28-22-10-8-9-19(16-22)13-14-20-15-21(18-27-17-20)24(30)29-34(4,32)23-11-6-5-7-12-23/h5-12,15-18H,4H2,1-3H3,(H,28,31)(H,29,30,32). The van der Waals surface area contributed by atoms with E-state index in [2.05, 4.69) is 32.7 Å². The summed E-state index contributed by atoms with van der Waals surface area (Å²) in [6.07, 6.45) is 2.33. The zero-order valence-corrected chi connectivity index (χ0v) is 19.9. The summed E-state index contributed by atoms with van der Waals surface area (Å²) in [5.74, 6) is 9.02. The number of aromatic nitrogens is 1. The van der Waals surface area contributed by atoms with Gasteiger partial charge in [0.05, 0.1) is 15.3 Å². The van der Waals surface area contributed by atoms with Crippen LogP contribution in [0.25, 0.3) is 0 Å². The molecule has 2 N–H and O–H groups in total. The molecule has 2 aromatic carbocycles. The molecule has 0 radical (unpaired) electrons. The number of anilines is 1. The van der Waals surface area contributed by atoms with Crippen LogP contribution < -0.4 is 10.0 Å². The minimum atomic E-state index is -3.01. The number of nitrogens with one attached hydrogen (secondary N) is 2. The molecule has 2 amide bonds. The Hall–Kier alpha value is -4.09. The highest BCUT2D eigenvalue weighted by Gasteiger charge is 2.16. The molecule has 34 heavy (non-hydrogen) atoms. The van der Waals surface area contributed by atoms with E-state index < -0.39 is 27.3 Å². The number of amides is 2. The molecule has 0 saturated heterocycles. The van der Waals surface area contributed by atoms with E-state index in [1.165, 1.54) is 12.4 Å². The Morgan fingerprint density at radius 3 is 2.38 bits per heavy atom. The number of rotatable bonds is 4. The molecule has 0 fully saturated rings. The highest BCUT2D eigenvalue weighted by atomic mass is 32.2. The Morgan fingerprint density at radius 1 is 0.971 bits per heavy atom. The van der Waals surface area contributed by atoms with Crippen LogP contribution in [0.5, 0.6) is 0 Å². The molecule has 0 saturated carbocycles. The highest BCUT2D eigenvalue weighted by Crippen LogP contribution is 2.14. The van der Waals surface area contributed by atoms with E-state index in [0.29, 0.717) is 21.7 Å². The average molecular weight is 476 g/mol. The van der Waals surface area contributed by atoms with Gasteiger partial charge < -0.3 is 4.74 Å². The fraction of sp³-hybridized carbons (Fsp3) is 0.154. The molecule has 3 rings (SSSR count). The molecule has 0 aliphatic rings. The molecule has 7 nitrogen and oxygen atoms in total. The number of benzene rings is 2. The SMILES string of the molecule is C=S(=O)(NC(=O)c1cncc(C#Cc2cccc(NC(=O)OC(C)(C)C)c2)c1)c1ccccc1. The topological polar surface area (TPSA) is 97.4 Å². The lowest BCUT2D eigenvalue weighted by Crippen LogP contribution is -2.30. The summed E-state index contributed by atoms with van der Waals surface area (Å²) in [6.45, 7) is 5.36. The third-order valence-corrected chi connectivity index (χ3v) is 5.79. The number of carbonyl (C=O) groups excluding carboxylic acids is 2. The average Bonchev–Trinajstić information content (AvgIpc) is 2.77. The third-order valence-electron chi connectivity index (χ3n) is 4.24. The van der Waals surface area contributed by atoms with E-state index >= 15 is 0 Å². The minimum Gasteiger partial charge on any atom is -0.444 e. The summed E-state index contributed by atoms with van der Waals surface area (Å²) in [7, 11) is -3.01. The number of carbonyl (C=O) groups is 2. The van der Waals surface area contributed by atoms with E-state index in [1.54, 1.807) is 81.4 Å². The molecule has 1 aromatic heterocycles. The maximum atomic E-state index is 12.8. The van der Waals surface area contributed by atoms with Crippen molar-refractivity contribution in [2.24, 2.45) is 0 Å². The van der Waals surface area contributed by atoms with E-state index in [4.69, 9.17) is 4.74 Å². The molecule has 8 heteroatoms. The number of nitrogens with zero attached hydrogens (tertiary/aromatic N) is 1. The summed E-state index contributed by atoms with van der Waals surface area (Å²) in [6, 6.07) is 17.0. The van der Waals surface area contributed by atoms with Gasteiger partial charge in [-0.3, -0.25) is 19.8 Å². The van der Waals surface area contributed by atoms with Gasteiger partial charge in [0.15, 0.2) is 0 Å². The van der Waals surface area contributed by atoms with Crippen LogP contribution in [0.2, 0.25) is 0 Å². The fourth-order valence-corrected chi connectivity index (χ4v) is 3.91. The summed E-state index contributed by atoms with van der Waals surface area (Å²) >= 11 is 0. The second-order valence-electron chi connectivity index (χ2n) is 8.34. The quantitative estimate of drug-likeness (QED) is 0.434. The first-order chi connectivity index (χ1) is 16.0. The van der Waals surface area contributed by atoms with Gasteiger partial charge in [0, 0.05) is 34.1 Å². The van der Waals surface area contributed by atoms with Crippen molar-refractivity contribution >= 4 is 33.3 Å². The molecule has 1 atom stereocenters.